The van der Waals surface area contributed by atoms with Crippen LogP contribution in [0, 0.1) is 0 Å². The van der Waals surface area contributed by atoms with E-state index in [1.54, 1.807) is 13.3 Å². The summed E-state index contributed by atoms with van der Waals surface area (Å²) in [7, 11) is 1.61. The van der Waals surface area contributed by atoms with Crippen molar-refractivity contribution in [3.05, 3.63) is 52.7 Å². The van der Waals surface area contributed by atoms with Crippen LogP contribution in [0.5, 0.6) is 0 Å². The van der Waals surface area contributed by atoms with E-state index in [0.29, 0.717) is 37.1 Å². The molecule has 0 aliphatic carbocycles. The van der Waals surface area contributed by atoms with Gasteiger partial charge >= 0.3 is 0 Å². The zero-order valence-corrected chi connectivity index (χ0v) is 16.3. The number of halogens is 1. The van der Waals surface area contributed by atoms with Crippen LogP contribution >= 0.6 is 11.6 Å². The van der Waals surface area contributed by atoms with Gasteiger partial charge in [-0.05, 0) is 30.9 Å². The highest BCUT2D eigenvalue weighted by molar-refractivity contribution is 6.31. The van der Waals surface area contributed by atoms with E-state index in [2.05, 4.69) is 4.98 Å². The average molecular weight is 393 g/mol. The molecule has 1 aromatic carbocycles. The molecule has 27 heavy (non-hydrogen) atoms. The molecule has 1 atom stereocenters. The van der Waals surface area contributed by atoms with Gasteiger partial charge in [0, 0.05) is 25.1 Å². The molecule has 2 aromatic rings. The minimum atomic E-state index is -0.141. The number of likely N-dealkylation sites (tertiary alicyclic amines) is 1. The Balaban J connectivity index is 1.65. The van der Waals surface area contributed by atoms with E-state index in [0.717, 1.165) is 30.6 Å². The smallest absolute Gasteiger partial charge is 0.249 e. The highest BCUT2D eigenvalue weighted by Crippen LogP contribution is 2.31. The van der Waals surface area contributed by atoms with Gasteiger partial charge in [0.2, 0.25) is 11.8 Å². The van der Waals surface area contributed by atoms with E-state index in [-0.39, 0.29) is 18.6 Å². The van der Waals surface area contributed by atoms with Gasteiger partial charge < -0.3 is 18.8 Å². The normalized spacial score (nSPS) is 17.3. The fraction of sp³-hybridized carbons (Fsp3) is 0.500. The van der Waals surface area contributed by atoms with Crippen LogP contribution in [-0.2, 0) is 20.7 Å². The Morgan fingerprint density at radius 3 is 3.00 bits per heavy atom. The number of benzene rings is 1. The predicted octanol–water partition coefficient (Wildman–Crippen LogP) is 3.64. The monoisotopic (exact) mass is 392 g/mol. The van der Waals surface area contributed by atoms with Crippen molar-refractivity contribution in [2.24, 2.45) is 0 Å². The van der Waals surface area contributed by atoms with Crippen molar-refractivity contribution >= 4 is 17.5 Å². The molecular formula is C20H25ClN2O4. The fourth-order valence-electron chi connectivity index (χ4n) is 3.26. The van der Waals surface area contributed by atoms with Gasteiger partial charge in [-0.3, -0.25) is 4.79 Å². The quantitative estimate of drug-likeness (QED) is 0.642. The number of hydrogen-bond acceptors (Lipinski definition) is 5. The number of ether oxygens (including phenoxy) is 2. The van der Waals surface area contributed by atoms with Crippen molar-refractivity contribution in [3.8, 4) is 0 Å². The van der Waals surface area contributed by atoms with Crippen molar-refractivity contribution in [3.63, 3.8) is 0 Å². The SMILES string of the molecule is COCCOCC(=O)N1CCCCC1c1ncc(Cc2ccccc2Cl)o1. The first kappa shape index (κ1) is 19.9. The van der Waals surface area contributed by atoms with E-state index < -0.39 is 0 Å². The Morgan fingerprint density at radius 1 is 1.33 bits per heavy atom. The van der Waals surface area contributed by atoms with Crippen molar-refractivity contribution in [2.75, 3.05) is 33.5 Å². The third-order valence-corrected chi connectivity index (χ3v) is 5.03. The molecule has 1 aliphatic heterocycles. The summed E-state index contributed by atoms with van der Waals surface area (Å²) in [5.41, 5.74) is 0.991. The molecule has 0 radical (unpaired) electrons. The number of rotatable bonds is 8. The maximum absolute atomic E-state index is 12.6. The number of piperidine rings is 1. The van der Waals surface area contributed by atoms with Crippen LogP contribution in [0.2, 0.25) is 5.02 Å². The molecule has 7 heteroatoms. The lowest BCUT2D eigenvalue weighted by molar-refractivity contribution is -0.141. The zero-order chi connectivity index (χ0) is 19.1. The van der Waals surface area contributed by atoms with Crippen molar-refractivity contribution in [1.82, 2.24) is 9.88 Å². The number of carbonyl (C=O) groups is 1. The van der Waals surface area contributed by atoms with E-state index in [9.17, 15) is 4.79 Å². The third-order valence-electron chi connectivity index (χ3n) is 4.66. The molecule has 0 spiro atoms. The zero-order valence-electron chi connectivity index (χ0n) is 15.5. The number of carbonyl (C=O) groups excluding carboxylic acids is 1. The molecule has 0 bridgehead atoms. The summed E-state index contributed by atoms with van der Waals surface area (Å²) >= 11 is 6.23. The lowest BCUT2D eigenvalue weighted by atomic mass is 10.0. The van der Waals surface area contributed by atoms with Gasteiger partial charge in [0.05, 0.1) is 19.4 Å². The van der Waals surface area contributed by atoms with E-state index in [1.165, 1.54) is 0 Å². The number of aromatic nitrogens is 1. The minimum Gasteiger partial charge on any atom is -0.443 e. The van der Waals surface area contributed by atoms with Crippen LogP contribution in [0.15, 0.2) is 34.9 Å². The second kappa shape index (κ2) is 9.88. The van der Waals surface area contributed by atoms with Crippen LogP contribution in [-0.4, -0.2) is 49.3 Å². The number of oxazole rings is 1. The molecule has 1 amide bonds. The molecule has 0 N–H and O–H groups in total. The molecule has 2 heterocycles. The molecule has 0 saturated carbocycles. The highest BCUT2D eigenvalue weighted by Gasteiger charge is 2.31. The van der Waals surface area contributed by atoms with Crippen LogP contribution < -0.4 is 0 Å². The number of amides is 1. The first-order chi connectivity index (χ1) is 13.2. The van der Waals surface area contributed by atoms with Gasteiger partial charge in [0.25, 0.3) is 0 Å². The van der Waals surface area contributed by atoms with Crippen molar-refractivity contribution < 1.29 is 18.7 Å². The maximum atomic E-state index is 12.6. The summed E-state index contributed by atoms with van der Waals surface area (Å²) in [6.07, 6.45) is 5.17. The lowest BCUT2D eigenvalue weighted by Crippen LogP contribution is -2.40. The van der Waals surface area contributed by atoms with Crippen LogP contribution in [0.3, 0.4) is 0 Å². The summed E-state index contributed by atoms with van der Waals surface area (Å²) in [6, 6.07) is 7.54. The molecule has 1 fully saturated rings. The second-order valence-corrected chi connectivity index (χ2v) is 6.98. The number of hydrogen-bond donors (Lipinski definition) is 0. The average Bonchev–Trinajstić information content (AvgIpc) is 3.15. The number of nitrogens with zero attached hydrogens (tertiary/aromatic N) is 2. The third kappa shape index (κ3) is 5.31. The summed E-state index contributed by atoms with van der Waals surface area (Å²) in [4.78, 5) is 18.8. The van der Waals surface area contributed by atoms with E-state index in [1.807, 2.05) is 29.2 Å². The lowest BCUT2D eigenvalue weighted by Gasteiger charge is -2.33. The molecule has 1 aromatic heterocycles. The Bertz CT molecular complexity index is 749. The Morgan fingerprint density at radius 2 is 2.19 bits per heavy atom. The van der Waals surface area contributed by atoms with Gasteiger partial charge in [-0.25, -0.2) is 4.98 Å². The first-order valence-corrected chi connectivity index (χ1v) is 9.61. The number of methoxy groups -OCH3 is 1. The Kier molecular flexibility index (Phi) is 7.26. The van der Waals surface area contributed by atoms with Gasteiger partial charge in [0.15, 0.2) is 0 Å². The summed E-state index contributed by atoms with van der Waals surface area (Å²) < 4.78 is 16.3. The summed E-state index contributed by atoms with van der Waals surface area (Å²) in [5, 5.41) is 0.707. The van der Waals surface area contributed by atoms with E-state index in [4.69, 9.17) is 25.5 Å². The second-order valence-electron chi connectivity index (χ2n) is 6.58. The topological polar surface area (TPSA) is 64.8 Å². The summed E-state index contributed by atoms with van der Waals surface area (Å²) in [5.74, 6) is 1.29. The van der Waals surface area contributed by atoms with Crippen LogP contribution in [0.25, 0.3) is 0 Å². The van der Waals surface area contributed by atoms with Gasteiger partial charge in [-0.1, -0.05) is 29.8 Å². The molecule has 6 nitrogen and oxygen atoms in total. The maximum Gasteiger partial charge on any atom is 0.249 e. The standard InChI is InChI=1S/C20H25ClN2O4/c1-25-10-11-26-14-19(24)23-9-5-4-8-18(23)20-22-13-16(27-20)12-15-6-2-3-7-17(15)21/h2-3,6-7,13,18H,4-5,8-12,14H2,1H3. The molecule has 1 unspecified atom stereocenters. The first-order valence-electron chi connectivity index (χ1n) is 9.23. The Labute approximate surface area is 164 Å². The van der Waals surface area contributed by atoms with Crippen LogP contribution in [0.4, 0.5) is 0 Å². The molecular weight excluding hydrogens is 368 g/mol. The predicted molar refractivity (Wildman–Crippen MR) is 102 cm³/mol. The Hall–Kier alpha value is -1.89. The van der Waals surface area contributed by atoms with Gasteiger partial charge in [-0.15, -0.1) is 0 Å². The summed E-state index contributed by atoms with van der Waals surface area (Å²) in [6.45, 7) is 1.62. The highest BCUT2D eigenvalue weighted by atomic mass is 35.5. The van der Waals surface area contributed by atoms with Gasteiger partial charge in [-0.2, -0.15) is 0 Å². The van der Waals surface area contributed by atoms with E-state index >= 15 is 0 Å². The minimum absolute atomic E-state index is 0.0401. The molecule has 1 saturated heterocycles. The van der Waals surface area contributed by atoms with Gasteiger partial charge in [0.1, 0.15) is 18.4 Å². The van der Waals surface area contributed by atoms with Crippen molar-refractivity contribution in [2.45, 2.75) is 31.7 Å². The molecule has 146 valence electrons. The molecule has 3 rings (SSSR count). The fourth-order valence-corrected chi connectivity index (χ4v) is 3.46. The largest absolute Gasteiger partial charge is 0.443 e. The molecule has 1 aliphatic rings. The van der Waals surface area contributed by atoms with Crippen molar-refractivity contribution in [1.29, 1.82) is 0 Å². The van der Waals surface area contributed by atoms with Crippen LogP contribution in [0.1, 0.15) is 42.5 Å².